The number of hydrogen-bond acceptors (Lipinski definition) is 1. The number of halogens is 2. The highest BCUT2D eigenvalue weighted by Gasteiger charge is 2.15. The highest BCUT2D eigenvalue weighted by molar-refractivity contribution is 5.85. The topological polar surface area (TPSA) is 48.0 Å². The van der Waals surface area contributed by atoms with E-state index in [0.717, 1.165) is 6.07 Å². The molecule has 0 radical (unpaired) electrons. The van der Waals surface area contributed by atoms with Crippen molar-refractivity contribution in [2.24, 2.45) is 5.73 Å². The average Bonchev–Trinajstić information content (AvgIpc) is 2.60. The van der Waals surface area contributed by atoms with Crippen LogP contribution < -0.4 is 5.73 Å². The first-order valence-corrected chi connectivity index (χ1v) is 4.75. The van der Waals surface area contributed by atoms with Gasteiger partial charge in [0.25, 0.3) is 0 Å². The molecule has 2 aromatic rings. The maximum atomic E-state index is 13.4. The third kappa shape index (κ3) is 1.54. The van der Waals surface area contributed by atoms with Gasteiger partial charge in [0.05, 0.1) is 5.52 Å². The number of primary amides is 1. The van der Waals surface area contributed by atoms with E-state index in [1.807, 2.05) is 0 Å². The molecule has 2 N–H and O–H groups in total. The van der Waals surface area contributed by atoms with Crippen LogP contribution in [0, 0.1) is 11.6 Å². The summed E-state index contributed by atoms with van der Waals surface area (Å²) in [5.41, 5.74) is 5.47. The Morgan fingerprint density at radius 2 is 2.12 bits per heavy atom. The van der Waals surface area contributed by atoms with Crippen LogP contribution in [0.2, 0.25) is 0 Å². The summed E-state index contributed by atoms with van der Waals surface area (Å²) in [5, 5.41) is 0.273. The van der Waals surface area contributed by atoms with Crippen LogP contribution in [0.5, 0.6) is 0 Å². The van der Waals surface area contributed by atoms with E-state index in [0.29, 0.717) is 5.52 Å². The fourth-order valence-corrected chi connectivity index (χ4v) is 1.66. The first kappa shape index (κ1) is 10.6. The SMILES string of the molecule is CC(C(N)=O)n1ccc2c(F)cc(F)cc21. The van der Waals surface area contributed by atoms with Crippen molar-refractivity contribution in [2.75, 3.05) is 0 Å². The van der Waals surface area contributed by atoms with Crippen molar-refractivity contribution >= 4 is 16.8 Å². The van der Waals surface area contributed by atoms with Gasteiger partial charge in [-0.2, -0.15) is 0 Å². The Labute approximate surface area is 90.5 Å². The Bertz CT molecular complexity index is 562. The lowest BCUT2D eigenvalue weighted by molar-refractivity contribution is -0.120. The Hall–Kier alpha value is -1.91. The largest absolute Gasteiger partial charge is 0.368 e. The van der Waals surface area contributed by atoms with Crippen molar-refractivity contribution in [3.63, 3.8) is 0 Å². The summed E-state index contributed by atoms with van der Waals surface area (Å²) in [6.07, 6.45) is 1.52. The van der Waals surface area contributed by atoms with Gasteiger partial charge in [-0.3, -0.25) is 4.79 Å². The Morgan fingerprint density at radius 3 is 2.75 bits per heavy atom. The van der Waals surface area contributed by atoms with Crippen LogP contribution in [0.4, 0.5) is 8.78 Å². The normalized spacial score (nSPS) is 12.9. The average molecular weight is 224 g/mol. The summed E-state index contributed by atoms with van der Waals surface area (Å²) in [6.45, 7) is 1.57. The van der Waals surface area contributed by atoms with Gasteiger partial charge < -0.3 is 10.3 Å². The Morgan fingerprint density at radius 1 is 1.44 bits per heavy atom. The number of carbonyl (C=O) groups is 1. The van der Waals surface area contributed by atoms with Gasteiger partial charge in [-0.1, -0.05) is 0 Å². The summed E-state index contributed by atoms with van der Waals surface area (Å²) in [7, 11) is 0. The third-order valence-corrected chi connectivity index (χ3v) is 2.58. The molecule has 1 amide bonds. The molecule has 0 spiro atoms. The van der Waals surface area contributed by atoms with Crippen molar-refractivity contribution in [3.05, 3.63) is 36.0 Å². The van der Waals surface area contributed by atoms with Crippen LogP contribution in [0.1, 0.15) is 13.0 Å². The molecule has 84 valence electrons. The van der Waals surface area contributed by atoms with E-state index < -0.39 is 23.6 Å². The minimum absolute atomic E-state index is 0.273. The number of aromatic nitrogens is 1. The molecule has 1 atom stereocenters. The lowest BCUT2D eigenvalue weighted by atomic mass is 10.2. The highest BCUT2D eigenvalue weighted by Crippen LogP contribution is 2.23. The first-order chi connectivity index (χ1) is 7.50. The van der Waals surface area contributed by atoms with Gasteiger partial charge in [0, 0.05) is 17.6 Å². The predicted molar refractivity (Wildman–Crippen MR) is 55.8 cm³/mol. The van der Waals surface area contributed by atoms with E-state index in [9.17, 15) is 13.6 Å². The molecule has 3 nitrogen and oxygen atoms in total. The zero-order chi connectivity index (χ0) is 11.9. The maximum Gasteiger partial charge on any atom is 0.240 e. The number of benzene rings is 1. The molecule has 1 heterocycles. The molecule has 0 aliphatic heterocycles. The van der Waals surface area contributed by atoms with Crippen molar-refractivity contribution < 1.29 is 13.6 Å². The van der Waals surface area contributed by atoms with Crippen molar-refractivity contribution in [3.8, 4) is 0 Å². The molecule has 1 aromatic carbocycles. The predicted octanol–water partition coefficient (Wildman–Crippen LogP) is 1.97. The van der Waals surface area contributed by atoms with E-state index >= 15 is 0 Å². The lowest BCUT2D eigenvalue weighted by Crippen LogP contribution is -2.23. The minimum atomic E-state index is -0.679. The van der Waals surface area contributed by atoms with Crippen LogP contribution in [0.15, 0.2) is 24.4 Å². The maximum absolute atomic E-state index is 13.4. The number of nitrogens with two attached hydrogens (primary N) is 1. The van der Waals surface area contributed by atoms with Crippen molar-refractivity contribution in [1.82, 2.24) is 4.57 Å². The fraction of sp³-hybridized carbons (Fsp3) is 0.182. The van der Waals surface area contributed by atoms with E-state index in [-0.39, 0.29) is 5.39 Å². The van der Waals surface area contributed by atoms with Crippen LogP contribution in [-0.4, -0.2) is 10.5 Å². The van der Waals surface area contributed by atoms with Gasteiger partial charge in [0.2, 0.25) is 5.91 Å². The molecule has 1 unspecified atom stereocenters. The van der Waals surface area contributed by atoms with Crippen LogP contribution in [-0.2, 0) is 4.79 Å². The van der Waals surface area contributed by atoms with Gasteiger partial charge in [-0.25, -0.2) is 8.78 Å². The summed E-state index contributed by atoms with van der Waals surface area (Å²) < 4.78 is 27.9. The van der Waals surface area contributed by atoms with Crippen LogP contribution in [0.3, 0.4) is 0 Å². The molecular formula is C11H10F2N2O. The molecule has 2 rings (SSSR count). The molecule has 0 aliphatic carbocycles. The second kappa shape index (κ2) is 3.59. The highest BCUT2D eigenvalue weighted by atomic mass is 19.1. The molecule has 16 heavy (non-hydrogen) atoms. The summed E-state index contributed by atoms with van der Waals surface area (Å²) in [5.74, 6) is -1.88. The number of rotatable bonds is 2. The number of fused-ring (bicyclic) bond motifs is 1. The lowest BCUT2D eigenvalue weighted by Gasteiger charge is -2.11. The van der Waals surface area contributed by atoms with Gasteiger partial charge in [0.15, 0.2) is 0 Å². The summed E-state index contributed by atoms with van der Waals surface area (Å²) in [6, 6.07) is 2.84. The fourth-order valence-electron chi connectivity index (χ4n) is 1.66. The molecule has 1 aromatic heterocycles. The second-order valence-electron chi connectivity index (χ2n) is 3.62. The van der Waals surface area contributed by atoms with Crippen molar-refractivity contribution in [2.45, 2.75) is 13.0 Å². The van der Waals surface area contributed by atoms with Crippen molar-refractivity contribution in [1.29, 1.82) is 0 Å². The van der Waals surface area contributed by atoms with Crippen LogP contribution >= 0.6 is 0 Å². The molecular weight excluding hydrogens is 214 g/mol. The second-order valence-corrected chi connectivity index (χ2v) is 3.62. The number of nitrogens with zero attached hydrogens (tertiary/aromatic N) is 1. The van der Waals surface area contributed by atoms with E-state index in [1.54, 1.807) is 6.92 Å². The van der Waals surface area contributed by atoms with Crippen LogP contribution in [0.25, 0.3) is 10.9 Å². The van der Waals surface area contributed by atoms with E-state index in [2.05, 4.69) is 0 Å². The monoisotopic (exact) mass is 224 g/mol. The Balaban J connectivity index is 2.69. The molecule has 0 aliphatic rings. The standard InChI is InChI=1S/C11H10F2N2O/c1-6(11(14)16)15-3-2-8-9(13)4-7(12)5-10(8)15/h2-6H,1H3,(H2,14,16). The Kier molecular flexibility index (Phi) is 2.38. The smallest absolute Gasteiger partial charge is 0.240 e. The molecule has 0 saturated carbocycles. The van der Waals surface area contributed by atoms with Gasteiger partial charge in [0.1, 0.15) is 17.7 Å². The molecule has 0 saturated heterocycles. The number of amides is 1. The zero-order valence-corrected chi connectivity index (χ0v) is 8.58. The quantitative estimate of drug-likeness (QED) is 0.832. The van der Waals surface area contributed by atoms with Gasteiger partial charge in [-0.05, 0) is 19.1 Å². The number of hydrogen-bond donors (Lipinski definition) is 1. The summed E-state index contributed by atoms with van der Waals surface area (Å²) in [4.78, 5) is 11.0. The molecule has 5 heteroatoms. The third-order valence-electron chi connectivity index (χ3n) is 2.58. The summed E-state index contributed by atoms with van der Waals surface area (Å²) >= 11 is 0. The van der Waals surface area contributed by atoms with E-state index in [4.69, 9.17) is 5.73 Å². The zero-order valence-electron chi connectivity index (χ0n) is 8.58. The molecule has 0 bridgehead atoms. The van der Waals surface area contributed by atoms with Gasteiger partial charge in [-0.15, -0.1) is 0 Å². The minimum Gasteiger partial charge on any atom is -0.368 e. The van der Waals surface area contributed by atoms with E-state index in [1.165, 1.54) is 22.9 Å². The number of carbonyl (C=O) groups excluding carboxylic acids is 1. The molecule has 0 fully saturated rings. The van der Waals surface area contributed by atoms with Gasteiger partial charge >= 0.3 is 0 Å². The first-order valence-electron chi connectivity index (χ1n) is 4.75.